The van der Waals surface area contributed by atoms with Crippen LogP contribution in [0.2, 0.25) is 0 Å². The zero-order valence-electron chi connectivity index (χ0n) is 25.7. The maximum absolute atomic E-state index is 13.6. The molecule has 0 aliphatic heterocycles. The minimum absolute atomic E-state index is 0. The second kappa shape index (κ2) is 16.7. The molecule has 5 rings (SSSR count). The Hall–Kier alpha value is -2.30. The molecular weight excluding hydrogens is 586 g/mol. The van der Waals surface area contributed by atoms with Crippen LogP contribution in [-0.4, -0.2) is 66.3 Å². The van der Waals surface area contributed by atoms with Gasteiger partial charge in [0.05, 0.1) is 12.6 Å². The maximum Gasteiger partial charge on any atom is 0.243 e. The van der Waals surface area contributed by atoms with Crippen molar-refractivity contribution in [1.29, 1.82) is 0 Å². The van der Waals surface area contributed by atoms with Crippen molar-refractivity contribution in [3.05, 3.63) is 35.9 Å². The lowest BCUT2D eigenvalue weighted by Crippen LogP contribution is -2.60. The number of thioether (sulfide) groups is 1. The Morgan fingerprint density at radius 3 is 2.09 bits per heavy atom. The molecule has 4 amide bonds. The van der Waals surface area contributed by atoms with Crippen LogP contribution in [0.1, 0.15) is 64.4 Å². The number of halogens is 1. The van der Waals surface area contributed by atoms with Gasteiger partial charge in [0, 0.05) is 12.5 Å². The minimum atomic E-state index is -0.795. The second-order valence-corrected chi connectivity index (χ2v) is 14.1. The maximum atomic E-state index is 13.6. The van der Waals surface area contributed by atoms with E-state index in [9.17, 15) is 19.2 Å². The number of nitrogens with two attached hydrogens (primary N) is 1. The SMILES string of the molecule is CSCC[C@@H](NC(=O)[C@@H](N)CC(C)C)C(=O)NCC(=O)N[C@@H](Cc1ccccc1)C(=O)NC1C2CC3CC(C2)CC1C3.Cl. The molecule has 240 valence electrons. The normalized spacial score (nSPS) is 25.7. The second-order valence-electron chi connectivity index (χ2n) is 13.1. The van der Waals surface area contributed by atoms with Gasteiger partial charge in [-0.15, -0.1) is 12.4 Å². The van der Waals surface area contributed by atoms with E-state index >= 15 is 0 Å². The summed E-state index contributed by atoms with van der Waals surface area (Å²) >= 11 is 1.57. The fraction of sp³-hybridized carbons (Fsp3) is 0.688. The highest BCUT2D eigenvalue weighted by Crippen LogP contribution is 2.53. The Labute approximate surface area is 266 Å². The van der Waals surface area contributed by atoms with Crippen LogP contribution in [0, 0.1) is 29.6 Å². The summed E-state index contributed by atoms with van der Waals surface area (Å²) in [6, 6.07) is 7.56. The number of hydrogen-bond donors (Lipinski definition) is 5. The van der Waals surface area contributed by atoms with Crippen LogP contribution in [0.15, 0.2) is 30.3 Å². The zero-order chi connectivity index (χ0) is 30.2. The van der Waals surface area contributed by atoms with Crippen LogP contribution in [-0.2, 0) is 25.6 Å². The van der Waals surface area contributed by atoms with Gasteiger partial charge in [0.1, 0.15) is 12.1 Å². The highest BCUT2D eigenvalue weighted by molar-refractivity contribution is 7.98. The van der Waals surface area contributed by atoms with E-state index in [2.05, 4.69) is 21.3 Å². The fourth-order valence-corrected chi connectivity index (χ4v) is 7.89. The number of rotatable bonds is 15. The molecule has 11 heteroatoms. The van der Waals surface area contributed by atoms with Crippen molar-refractivity contribution in [3.8, 4) is 0 Å². The molecule has 4 fully saturated rings. The predicted octanol–water partition coefficient (Wildman–Crippen LogP) is 2.80. The van der Waals surface area contributed by atoms with Crippen molar-refractivity contribution in [3.63, 3.8) is 0 Å². The summed E-state index contributed by atoms with van der Waals surface area (Å²) in [6.07, 6.45) is 9.33. The van der Waals surface area contributed by atoms with E-state index in [1.165, 1.54) is 32.1 Å². The molecule has 0 spiro atoms. The summed E-state index contributed by atoms with van der Waals surface area (Å²) in [4.78, 5) is 52.3. The van der Waals surface area contributed by atoms with Gasteiger partial charge < -0.3 is 27.0 Å². The largest absolute Gasteiger partial charge is 0.351 e. The van der Waals surface area contributed by atoms with Crippen molar-refractivity contribution >= 4 is 47.8 Å². The average molecular weight is 636 g/mol. The van der Waals surface area contributed by atoms with Gasteiger partial charge in [-0.2, -0.15) is 11.8 Å². The molecule has 3 atom stereocenters. The average Bonchev–Trinajstić information content (AvgIpc) is 2.95. The Morgan fingerprint density at radius 2 is 1.51 bits per heavy atom. The van der Waals surface area contributed by atoms with E-state index in [0.29, 0.717) is 36.9 Å². The molecule has 4 saturated carbocycles. The van der Waals surface area contributed by atoms with Gasteiger partial charge in [0.2, 0.25) is 23.6 Å². The Morgan fingerprint density at radius 1 is 0.884 bits per heavy atom. The predicted molar refractivity (Wildman–Crippen MR) is 174 cm³/mol. The van der Waals surface area contributed by atoms with Crippen LogP contribution >= 0.6 is 24.2 Å². The number of amides is 4. The van der Waals surface area contributed by atoms with E-state index < -0.39 is 29.9 Å². The van der Waals surface area contributed by atoms with Crippen LogP contribution < -0.4 is 27.0 Å². The topological polar surface area (TPSA) is 142 Å². The zero-order valence-corrected chi connectivity index (χ0v) is 27.3. The summed E-state index contributed by atoms with van der Waals surface area (Å²) < 4.78 is 0. The first-order chi connectivity index (χ1) is 20.1. The lowest BCUT2D eigenvalue weighted by molar-refractivity contribution is -0.132. The lowest BCUT2D eigenvalue weighted by Gasteiger charge is -2.54. The molecule has 0 heterocycles. The van der Waals surface area contributed by atoms with Crippen molar-refractivity contribution in [1.82, 2.24) is 21.3 Å². The summed E-state index contributed by atoms with van der Waals surface area (Å²) in [5.41, 5.74) is 6.97. The number of nitrogens with one attached hydrogen (secondary N) is 4. The van der Waals surface area contributed by atoms with Gasteiger partial charge in [-0.3, -0.25) is 19.2 Å². The molecular formula is C32H50ClN5O4S. The molecule has 0 radical (unpaired) electrons. The van der Waals surface area contributed by atoms with E-state index in [4.69, 9.17) is 5.73 Å². The first kappa shape index (κ1) is 35.2. The molecule has 1 aromatic carbocycles. The first-order valence-corrected chi connectivity index (χ1v) is 17.0. The smallest absolute Gasteiger partial charge is 0.243 e. The third-order valence-electron chi connectivity index (χ3n) is 9.20. The van der Waals surface area contributed by atoms with Crippen LogP contribution in [0.3, 0.4) is 0 Å². The van der Waals surface area contributed by atoms with Gasteiger partial charge in [0.25, 0.3) is 0 Å². The summed E-state index contributed by atoms with van der Waals surface area (Å²) in [5, 5.41) is 11.6. The van der Waals surface area contributed by atoms with Crippen molar-refractivity contribution in [2.45, 2.75) is 89.4 Å². The highest BCUT2D eigenvalue weighted by atomic mass is 35.5. The Kier molecular flexibility index (Phi) is 13.6. The number of benzene rings is 1. The van der Waals surface area contributed by atoms with E-state index in [1.54, 1.807) is 11.8 Å². The van der Waals surface area contributed by atoms with Gasteiger partial charge in [-0.05, 0) is 92.1 Å². The highest BCUT2D eigenvalue weighted by Gasteiger charge is 2.49. The van der Waals surface area contributed by atoms with E-state index in [1.807, 2.05) is 50.4 Å². The van der Waals surface area contributed by atoms with Gasteiger partial charge >= 0.3 is 0 Å². The van der Waals surface area contributed by atoms with E-state index in [-0.39, 0.29) is 42.7 Å². The van der Waals surface area contributed by atoms with Gasteiger partial charge in [0.15, 0.2) is 0 Å². The number of carbonyl (C=O) groups excluding carboxylic acids is 4. The number of hydrogen-bond acceptors (Lipinski definition) is 6. The third kappa shape index (κ3) is 10.1. The van der Waals surface area contributed by atoms with Crippen LogP contribution in [0.4, 0.5) is 0 Å². The molecule has 0 aromatic heterocycles. The molecule has 6 N–H and O–H groups in total. The van der Waals surface area contributed by atoms with Crippen LogP contribution in [0.25, 0.3) is 0 Å². The molecule has 0 saturated heterocycles. The molecule has 43 heavy (non-hydrogen) atoms. The fourth-order valence-electron chi connectivity index (χ4n) is 7.42. The van der Waals surface area contributed by atoms with Crippen molar-refractivity contribution in [2.75, 3.05) is 18.6 Å². The molecule has 4 aliphatic rings. The molecule has 1 aromatic rings. The molecule has 0 unspecified atom stereocenters. The molecule has 4 aliphatic carbocycles. The third-order valence-corrected chi connectivity index (χ3v) is 9.84. The van der Waals surface area contributed by atoms with Crippen molar-refractivity contribution in [2.24, 2.45) is 35.3 Å². The number of carbonyl (C=O) groups is 4. The standard InChI is InChI=1S/C32H49N5O4S.ClH/c1-19(2)11-25(33)30(39)36-26(9-10-42-3)31(40)34-18-28(38)35-27(17-20-7-5-4-6-8-20)32(41)37-29-23-13-21-12-22(15-23)16-24(29)14-21;/h4-8,19,21-27,29H,9-18,33H2,1-3H3,(H,34,40)(H,35,38)(H,36,39)(H,37,41);1H/t21?,22?,23?,24?,25-,26+,27-,29?;/m0./s1. The quantitative estimate of drug-likeness (QED) is 0.201. The summed E-state index contributed by atoms with van der Waals surface area (Å²) in [5.74, 6) is 2.14. The van der Waals surface area contributed by atoms with Crippen molar-refractivity contribution < 1.29 is 19.2 Å². The lowest BCUT2D eigenvalue weighted by atomic mass is 9.54. The van der Waals surface area contributed by atoms with E-state index in [0.717, 1.165) is 17.4 Å². The van der Waals surface area contributed by atoms with Gasteiger partial charge in [-0.1, -0.05) is 44.2 Å². The Bertz CT molecular complexity index is 1060. The Balaban J connectivity index is 0.00000506. The van der Waals surface area contributed by atoms with Crippen LogP contribution in [0.5, 0.6) is 0 Å². The molecule has 4 bridgehead atoms. The first-order valence-electron chi connectivity index (χ1n) is 15.6. The summed E-state index contributed by atoms with van der Waals surface area (Å²) in [7, 11) is 0. The molecule has 9 nitrogen and oxygen atoms in total. The summed E-state index contributed by atoms with van der Waals surface area (Å²) in [6.45, 7) is 3.68. The van der Waals surface area contributed by atoms with Gasteiger partial charge in [-0.25, -0.2) is 0 Å². The minimum Gasteiger partial charge on any atom is -0.351 e. The monoisotopic (exact) mass is 635 g/mol.